The summed E-state index contributed by atoms with van der Waals surface area (Å²) in [6.45, 7) is 3.22. The van der Waals surface area contributed by atoms with Crippen LogP contribution in [0.5, 0.6) is 0 Å². The largest absolute Gasteiger partial charge is 0.445 e. The molecule has 0 radical (unpaired) electrons. The summed E-state index contributed by atoms with van der Waals surface area (Å²) in [6.07, 6.45) is 5.35. The number of fused-ring (bicyclic) bond motifs is 2. The maximum atomic E-state index is 13.0. The van der Waals surface area contributed by atoms with Crippen LogP contribution in [0.1, 0.15) is 55.7 Å². The normalized spacial score (nSPS) is 17.2. The van der Waals surface area contributed by atoms with E-state index < -0.39 is 5.91 Å². The molecular formula is C36H33N7O5. The van der Waals surface area contributed by atoms with Gasteiger partial charge in [0.05, 0.1) is 46.3 Å². The molecule has 0 spiro atoms. The number of imide groups is 1. The van der Waals surface area contributed by atoms with Crippen molar-refractivity contribution in [1.82, 2.24) is 24.4 Å². The molecule has 0 bridgehead atoms. The molecule has 5 aromatic rings. The molecule has 5 heterocycles. The maximum absolute atomic E-state index is 13.0. The molecule has 0 aliphatic carbocycles. The topological polar surface area (TPSA) is 152 Å². The Morgan fingerprint density at radius 3 is 2.33 bits per heavy atom. The van der Waals surface area contributed by atoms with Crippen LogP contribution in [-0.4, -0.2) is 67.3 Å². The van der Waals surface area contributed by atoms with Crippen molar-refractivity contribution in [2.75, 3.05) is 18.4 Å². The molecule has 3 N–H and O–H groups in total. The number of benzene rings is 2. The highest BCUT2D eigenvalue weighted by atomic mass is 16.6. The van der Waals surface area contributed by atoms with Gasteiger partial charge < -0.3 is 20.7 Å². The summed E-state index contributed by atoms with van der Waals surface area (Å²) >= 11 is 0. The lowest BCUT2D eigenvalue weighted by Crippen LogP contribution is -2.33. The lowest BCUT2D eigenvalue weighted by atomic mass is 10.00. The van der Waals surface area contributed by atoms with Crippen LogP contribution in [-0.2, 0) is 17.9 Å². The molecule has 3 aromatic heterocycles. The van der Waals surface area contributed by atoms with Crippen LogP contribution in [0.4, 0.5) is 10.5 Å². The van der Waals surface area contributed by atoms with Gasteiger partial charge in [-0.2, -0.15) is 5.10 Å². The van der Waals surface area contributed by atoms with Crippen LogP contribution in [0, 0.1) is 5.92 Å². The van der Waals surface area contributed by atoms with Crippen molar-refractivity contribution in [2.45, 2.75) is 32.5 Å². The van der Waals surface area contributed by atoms with Gasteiger partial charge in [0.1, 0.15) is 6.61 Å². The van der Waals surface area contributed by atoms with E-state index in [4.69, 9.17) is 10.5 Å². The average Bonchev–Trinajstić information content (AvgIpc) is 3.80. The second kappa shape index (κ2) is 12.6. The van der Waals surface area contributed by atoms with E-state index in [0.717, 1.165) is 23.1 Å². The van der Waals surface area contributed by atoms with Gasteiger partial charge in [0.2, 0.25) is 0 Å². The SMILES string of the molecule is CC[C@H]1CN(C(=O)OCc2ccccc2)C[C@H]1Nc1c(C(N)=O)cnn2cc(-c3ccc(CN4C(=O)c5ccccc5C4=O)nc3)cc12. The van der Waals surface area contributed by atoms with Crippen LogP contribution < -0.4 is 11.1 Å². The van der Waals surface area contributed by atoms with E-state index in [-0.39, 0.29) is 48.6 Å². The third-order valence-corrected chi connectivity index (χ3v) is 9.02. The van der Waals surface area contributed by atoms with Gasteiger partial charge in [-0.1, -0.05) is 55.5 Å². The van der Waals surface area contributed by atoms with E-state index in [1.807, 2.05) is 48.7 Å². The molecule has 7 rings (SSSR count). The van der Waals surface area contributed by atoms with Gasteiger partial charge in [0.25, 0.3) is 17.7 Å². The quantitative estimate of drug-likeness (QED) is 0.218. The molecule has 2 aliphatic heterocycles. The summed E-state index contributed by atoms with van der Waals surface area (Å²) in [7, 11) is 0. The summed E-state index contributed by atoms with van der Waals surface area (Å²) in [6, 6.07) is 21.7. The molecule has 2 aromatic carbocycles. The first-order valence-corrected chi connectivity index (χ1v) is 15.7. The number of anilines is 1. The minimum Gasteiger partial charge on any atom is -0.445 e. The predicted molar refractivity (Wildman–Crippen MR) is 177 cm³/mol. The van der Waals surface area contributed by atoms with Crippen molar-refractivity contribution >= 4 is 35.0 Å². The summed E-state index contributed by atoms with van der Waals surface area (Å²) in [5.41, 5.74) is 11.0. The lowest BCUT2D eigenvalue weighted by Gasteiger charge is -2.21. The first-order chi connectivity index (χ1) is 23.3. The van der Waals surface area contributed by atoms with Gasteiger partial charge in [0, 0.05) is 42.7 Å². The number of aromatic nitrogens is 3. The summed E-state index contributed by atoms with van der Waals surface area (Å²) in [5, 5.41) is 7.96. The Kier molecular flexibility index (Phi) is 8.05. The molecule has 0 saturated carbocycles. The van der Waals surface area contributed by atoms with E-state index in [1.54, 1.807) is 45.9 Å². The number of nitrogens with one attached hydrogen (secondary N) is 1. The third-order valence-electron chi connectivity index (χ3n) is 9.02. The molecule has 1 saturated heterocycles. The first kappa shape index (κ1) is 30.6. The minimum atomic E-state index is -0.625. The van der Waals surface area contributed by atoms with Gasteiger partial charge in [-0.25, -0.2) is 9.31 Å². The van der Waals surface area contributed by atoms with Crippen LogP contribution in [0.25, 0.3) is 16.6 Å². The number of amides is 4. The highest BCUT2D eigenvalue weighted by Crippen LogP contribution is 2.32. The smallest absolute Gasteiger partial charge is 0.410 e. The molecular weight excluding hydrogens is 610 g/mol. The van der Waals surface area contributed by atoms with Crippen molar-refractivity contribution in [3.63, 3.8) is 0 Å². The number of likely N-dealkylation sites (tertiary alicyclic amines) is 1. The molecule has 12 heteroatoms. The molecule has 1 fully saturated rings. The van der Waals surface area contributed by atoms with Gasteiger partial charge in [0.15, 0.2) is 0 Å². The Hall–Kier alpha value is -6.04. The summed E-state index contributed by atoms with van der Waals surface area (Å²) < 4.78 is 7.25. The number of rotatable bonds is 9. The number of primary amides is 1. The monoisotopic (exact) mass is 643 g/mol. The molecule has 48 heavy (non-hydrogen) atoms. The van der Waals surface area contributed by atoms with Crippen molar-refractivity contribution in [2.24, 2.45) is 11.7 Å². The van der Waals surface area contributed by atoms with E-state index in [2.05, 4.69) is 22.3 Å². The van der Waals surface area contributed by atoms with Crippen molar-refractivity contribution in [3.8, 4) is 11.1 Å². The number of carbonyl (C=O) groups excluding carboxylic acids is 4. The zero-order chi connectivity index (χ0) is 33.4. The summed E-state index contributed by atoms with van der Waals surface area (Å²) in [4.78, 5) is 58.6. The van der Waals surface area contributed by atoms with E-state index >= 15 is 0 Å². The molecule has 4 amide bonds. The molecule has 2 aliphatic rings. The Morgan fingerprint density at radius 1 is 0.938 bits per heavy atom. The second-order valence-corrected chi connectivity index (χ2v) is 12.0. The molecule has 242 valence electrons. The van der Waals surface area contributed by atoms with E-state index in [1.165, 1.54) is 11.1 Å². The van der Waals surface area contributed by atoms with Crippen LogP contribution in [0.3, 0.4) is 0 Å². The maximum Gasteiger partial charge on any atom is 0.410 e. The highest BCUT2D eigenvalue weighted by molar-refractivity contribution is 6.21. The first-order valence-electron chi connectivity index (χ1n) is 15.7. The molecule has 0 unspecified atom stereocenters. The van der Waals surface area contributed by atoms with Crippen molar-refractivity contribution < 1.29 is 23.9 Å². The highest BCUT2D eigenvalue weighted by Gasteiger charge is 2.37. The zero-order valence-electron chi connectivity index (χ0n) is 26.2. The van der Waals surface area contributed by atoms with Gasteiger partial charge in [-0.05, 0) is 42.2 Å². The fourth-order valence-electron chi connectivity index (χ4n) is 6.38. The van der Waals surface area contributed by atoms with Gasteiger partial charge in [-0.15, -0.1) is 0 Å². The number of hydrogen-bond donors (Lipinski definition) is 2. The number of nitrogens with two attached hydrogens (primary N) is 1. The van der Waals surface area contributed by atoms with Gasteiger partial charge in [-0.3, -0.25) is 24.3 Å². The van der Waals surface area contributed by atoms with Crippen molar-refractivity contribution in [1.29, 1.82) is 0 Å². The Labute approximate surface area is 276 Å². The Morgan fingerprint density at radius 2 is 1.67 bits per heavy atom. The van der Waals surface area contributed by atoms with Crippen LogP contribution >= 0.6 is 0 Å². The molecule has 12 nitrogen and oxygen atoms in total. The fraction of sp³-hybridized carbons (Fsp3) is 0.222. The van der Waals surface area contributed by atoms with E-state index in [9.17, 15) is 19.2 Å². The predicted octanol–water partition coefficient (Wildman–Crippen LogP) is 4.75. The second-order valence-electron chi connectivity index (χ2n) is 12.0. The summed E-state index contributed by atoms with van der Waals surface area (Å²) in [5.74, 6) is -1.19. The number of carbonyl (C=O) groups is 4. The minimum absolute atomic E-state index is 0.0543. The number of pyridine rings is 1. The van der Waals surface area contributed by atoms with Crippen LogP contribution in [0.15, 0.2) is 91.4 Å². The number of ether oxygens (including phenoxy) is 1. The lowest BCUT2D eigenvalue weighted by molar-refractivity contribution is 0.0639. The van der Waals surface area contributed by atoms with Crippen LogP contribution in [0.2, 0.25) is 0 Å². The zero-order valence-corrected chi connectivity index (χ0v) is 26.2. The number of nitrogens with zero attached hydrogens (tertiary/aromatic N) is 5. The van der Waals surface area contributed by atoms with E-state index in [0.29, 0.717) is 41.1 Å². The average molecular weight is 644 g/mol. The Bertz CT molecular complexity index is 2010. The van der Waals surface area contributed by atoms with Crippen molar-refractivity contribution in [3.05, 3.63) is 119 Å². The van der Waals surface area contributed by atoms with Gasteiger partial charge >= 0.3 is 6.09 Å². The standard InChI is InChI=1S/C36H33N7O5/c1-2-23-17-41(36(47)48-21-22-8-4-3-5-9-22)20-30(23)40-32-29(33(37)44)16-39-43-18-25(14-31(32)43)24-12-13-26(38-15-24)19-42-34(45)27-10-6-7-11-28(27)35(42)46/h3-16,18,23,30,40H,2,17,19-21H2,1H3,(H2,37,44)/t23-,30+/m0/s1. The molecule has 2 atom stereocenters. The fourth-order valence-corrected chi connectivity index (χ4v) is 6.38. The third kappa shape index (κ3) is 5.72. The number of hydrogen-bond acceptors (Lipinski definition) is 8. The Balaban J connectivity index is 1.10.